The largest absolute Gasteiger partial charge is 0.465 e. The minimum absolute atomic E-state index is 0.0888. The van der Waals surface area contributed by atoms with Gasteiger partial charge in [-0.15, -0.1) is 0 Å². The molecule has 0 spiro atoms. The second-order valence-electron chi connectivity index (χ2n) is 4.04. The third-order valence-corrected chi connectivity index (χ3v) is 3.21. The molecule has 1 N–H and O–H groups in total. The molecule has 76 valence electrons. The van der Waals surface area contributed by atoms with Crippen molar-refractivity contribution >= 4 is 6.09 Å². The van der Waals surface area contributed by atoms with Gasteiger partial charge in [0.2, 0.25) is 0 Å². The van der Waals surface area contributed by atoms with Gasteiger partial charge in [0.05, 0.1) is 0 Å². The number of amides is 1. The molecule has 2 rings (SSSR count). The first kappa shape index (κ1) is 9.15. The molecule has 0 radical (unpaired) electrons. The van der Waals surface area contributed by atoms with Crippen LogP contribution in [0.1, 0.15) is 12.8 Å². The molecule has 1 amide bonds. The molecule has 1 unspecified atom stereocenters. The molecule has 6 heteroatoms. The van der Waals surface area contributed by atoms with Gasteiger partial charge in [-0.05, 0) is 30.2 Å². The van der Waals surface area contributed by atoms with E-state index in [-0.39, 0.29) is 6.04 Å². The van der Waals surface area contributed by atoms with Crippen LogP contribution in [0.2, 0.25) is 0 Å². The van der Waals surface area contributed by atoms with E-state index in [9.17, 15) is 4.79 Å². The first-order valence-corrected chi connectivity index (χ1v) is 4.72. The van der Waals surface area contributed by atoms with E-state index in [4.69, 9.17) is 10.6 Å². The zero-order valence-corrected chi connectivity index (χ0v) is 7.70. The summed E-state index contributed by atoms with van der Waals surface area (Å²) in [5.41, 5.74) is 8.28. The predicted molar refractivity (Wildman–Crippen MR) is 48.7 cm³/mol. The standard InChI is InChI=1S/C8H12N4O2/c9-11-10-7-1-5-3-12(8(13)14)4-6(5)2-7/h5-7H,1-4H2,(H,13,14)/t5-,6+,7?. The molecule has 1 aliphatic carbocycles. The minimum Gasteiger partial charge on any atom is -0.465 e. The fourth-order valence-corrected chi connectivity index (χ4v) is 2.59. The Labute approximate surface area is 81.1 Å². The van der Waals surface area contributed by atoms with Crippen molar-refractivity contribution in [1.29, 1.82) is 0 Å². The highest BCUT2D eigenvalue weighted by molar-refractivity contribution is 5.65. The molecule has 0 bridgehead atoms. The molecule has 3 atom stereocenters. The number of likely N-dealkylation sites (tertiary alicyclic amines) is 1. The zero-order chi connectivity index (χ0) is 10.1. The van der Waals surface area contributed by atoms with Crippen LogP contribution >= 0.6 is 0 Å². The highest BCUT2D eigenvalue weighted by atomic mass is 16.4. The summed E-state index contributed by atoms with van der Waals surface area (Å²) < 4.78 is 0. The molecule has 1 saturated heterocycles. The van der Waals surface area contributed by atoms with Gasteiger partial charge in [0, 0.05) is 24.0 Å². The van der Waals surface area contributed by atoms with Crippen LogP contribution in [-0.2, 0) is 0 Å². The third-order valence-electron chi connectivity index (χ3n) is 3.21. The average molecular weight is 196 g/mol. The van der Waals surface area contributed by atoms with Crippen molar-refractivity contribution in [3.63, 3.8) is 0 Å². The van der Waals surface area contributed by atoms with Gasteiger partial charge in [-0.2, -0.15) is 0 Å². The SMILES string of the molecule is [N-]=[N+]=NC1C[C@@H]2CN(C(=O)O)C[C@@H]2C1. The number of azide groups is 1. The third kappa shape index (κ3) is 1.48. The Hall–Kier alpha value is -1.42. The molecule has 1 aliphatic heterocycles. The van der Waals surface area contributed by atoms with Gasteiger partial charge in [0.1, 0.15) is 0 Å². The number of nitrogens with zero attached hydrogens (tertiary/aromatic N) is 4. The Kier molecular flexibility index (Phi) is 2.21. The van der Waals surface area contributed by atoms with Crippen LogP contribution in [0.25, 0.3) is 10.4 Å². The van der Waals surface area contributed by atoms with E-state index in [1.807, 2.05) is 0 Å². The fraction of sp³-hybridized carbons (Fsp3) is 0.875. The van der Waals surface area contributed by atoms with E-state index in [0.717, 1.165) is 12.8 Å². The molecule has 0 aromatic heterocycles. The Morgan fingerprint density at radius 1 is 1.43 bits per heavy atom. The highest BCUT2D eigenvalue weighted by Crippen LogP contribution is 2.39. The van der Waals surface area contributed by atoms with Gasteiger partial charge in [-0.25, -0.2) is 4.79 Å². The molecule has 1 heterocycles. The first-order valence-electron chi connectivity index (χ1n) is 4.72. The molecular formula is C8H12N4O2. The highest BCUT2D eigenvalue weighted by Gasteiger charge is 2.41. The summed E-state index contributed by atoms with van der Waals surface area (Å²) in [4.78, 5) is 14.9. The summed E-state index contributed by atoms with van der Waals surface area (Å²) in [5, 5.41) is 12.5. The molecule has 0 aromatic carbocycles. The molecule has 0 aromatic rings. The van der Waals surface area contributed by atoms with Crippen molar-refractivity contribution in [2.45, 2.75) is 18.9 Å². The maximum absolute atomic E-state index is 10.7. The molecule has 1 saturated carbocycles. The van der Waals surface area contributed by atoms with Crippen LogP contribution in [0.5, 0.6) is 0 Å². The lowest BCUT2D eigenvalue weighted by Crippen LogP contribution is -2.28. The lowest BCUT2D eigenvalue weighted by molar-refractivity contribution is 0.152. The molecule has 2 aliphatic rings. The Balaban J connectivity index is 1.96. The van der Waals surface area contributed by atoms with E-state index < -0.39 is 6.09 Å². The number of hydrogen-bond donors (Lipinski definition) is 1. The van der Waals surface area contributed by atoms with Crippen LogP contribution in [0.3, 0.4) is 0 Å². The van der Waals surface area contributed by atoms with Crippen molar-refractivity contribution < 1.29 is 9.90 Å². The summed E-state index contributed by atoms with van der Waals surface area (Å²) in [6.07, 6.45) is 0.858. The second kappa shape index (κ2) is 3.38. The smallest absolute Gasteiger partial charge is 0.407 e. The van der Waals surface area contributed by atoms with E-state index >= 15 is 0 Å². The van der Waals surface area contributed by atoms with E-state index in [1.54, 1.807) is 0 Å². The molecule has 14 heavy (non-hydrogen) atoms. The lowest BCUT2D eigenvalue weighted by Gasteiger charge is -2.13. The van der Waals surface area contributed by atoms with E-state index in [1.165, 1.54) is 4.90 Å². The molecular weight excluding hydrogens is 184 g/mol. The Morgan fingerprint density at radius 3 is 2.43 bits per heavy atom. The average Bonchev–Trinajstić information content (AvgIpc) is 2.61. The second-order valence-corrected chi connectivity index (χ2v) is 4.04. The summed E-state index contributed by atoms with van der Waals surface area (Å²) in [6.45, 7) is 1.22. The van der Waals surface area contributed by atoms with Crippen molar-refractivity contribution in [3.05, 3.63) is 10.4 Å². The van der Waals surface area contributed by atoms with Gasteiger partial charge in [-0.1, -0.05) is 5.11 Å². The molecule has 2 fully saturated rings. The maximum atomic E-state index is 10.7. The monoisotopic (exact) mass is 196 g/mol. The normalized spacial score (nSPS) is 35.1. The summed E-state index contributed by atoms with van der Waals surface area (Å²) in [6, 6.07) is 0.0888. The van der Waals surface area contributed by atoms with Crippen molar-refractivity contribution in [1.82, 2.24) is 4.90 Å². The molecule has 6 nitrogen and oxygen atoms in total. The summed E-state index contributed by atoms with van der Waals surface area (Å²) in [7, 11) is 0. The van der Waals surface area contributed by atoms with Gasteiger partial charge in [0.15, 0.2) is 0 Å². The van der Waals surface area contributed by atoms with E-state index in [2.05, 4.69) is 10.0 Å². The number of rotatable bonds is 1. The van der Waals surface area contributed by atoms with Gasteiger partial charge >= 0.3 is 6.09 Å². The van der Waals surface area contributed by atoms with Crippen LogP contribution < -0.4 is 0 Å². The predicted octanol–water partition coefficient (Wildman–Crippen LogP) is 1.69. The Morgan fingerprint density at radius 2 is 2.00 bits per heavy atom. The van der Waals surface area contributed by atoms with Gasteiger partial charge in [0.25, 0.3) is 0 Å². The summed E-state index contributed by atoms with van der Waals surface area (Å²) in [5.74, 6) is 0.809. The summed E-state index contributed by atoms with van der Waals surface area (Å²) >= 11 is 0. The number of hydrogen-bond acceptors (Lipinski definition) is 2. The number of carbonyl (C=O) groups is 1. The van der Waals surface area contributed by atoms with Crippen LogP contribution in [0, 0.1) is 11.8 Å². The quantitative estimate of drug-likeness (QED) is 0.392. The lowest BCUT2D eigenvalue weighted by atomic mass is 10.0. The van der Waals surface area contributed by atoms with Crippen molar-refractivity contribution in [2.24, 2.45) is 17.0 Å². The fourth-order valence-electron chi connectivity index (χ4n) is 2.59. The Bertz CT molecular complexity index is 272. The van der Waals surface area contributed by atoms with Crippen LogP contribution in [0.15, 0.2) is 5.11 Å². The van der Waals surface area contributed by atoms with Gasteiger partial charge < -0.3 is 10.0 Å². The van der Waals surface area contributed by atoms with Gasteiger partial charge in [-0.3, -0.25) is 0 Å². The van der Waals surface area contributed by atoms with Crippen molar-refractivity contribution in [3.8, 4) is 0 Å². The maximum Gasteiger partial charge on any atom is 0.407 e. The number of fused-ring (bicyclic) bond motifs is 1. The first-order chi connectivity index (χ1) is 6.70. The number of carboxylic acid groups (broad SMARTS) is 1. The van der Waals surface area contributed by atoms with Crippen LogP contribution in [-0.4, -0.2) is 35.2 Å². The van der Waals surface area contributed by atoms with Crippen LogP contribution in [0.4, 0.5) is 4.79 Å². The minimum atomic E-state index is -0.834. The van der Waals surface area contributed by atoms with E-state index in [0.29, 0.717) is 24.9 Å². The van der Waals surface area contributed by atoms with Crippen molar-refractivity contribution in [2.75, 3.05) is 13.1 Å². The topological polar surface area (TPSA) is 89.3 Å². The zero-order valence-electron chi connectivity index (χ0n) is 7.70.